The van der Waals surface area contributed by atoms with Crippen molar-refractivity contribution in [1.29, 1.82) is 0 Å². The minimum Gasteiger partial charge on any atom is -0.496 e. The Morgan fingerprint density at radius 3 is 2.91 bits per heavy atom. The van der Waals surface area contributed by atoms with E-state index in [1.807, 2.05) is 0 Å². The van der Waals surface area contributed by atoms with Gasteiger partial charge in [-0.05, 0) is 30.4 Å². The van der Waals surface area contributed by atoms with Crippen molar-refractivity contribution in [1.82, 2.24) is 10.2 Å². The van der Waals surface area contributed by atoms with Crippen LogP contribution in [-0.4, -0.2) is 47.3 Å². The Bertz CT molecular complexity index is 640. The first-order valence-corrected chi connectivity index (χ1v) is 8.09. The Morgan fingerprint density at radius 2 is 2.27 bits per heavy atom. The molecule has 0 aromatic heterocycles. The molecule has 1 aromatic carbocycles. The van der Waals surface area contributed by atoms with Crippen molar-refractivity contribution in [3.63, 3.8) is 0 Å². The number of nitrogens with zero attached hydrogens (tertiary/aromatic N) is 1. The van der Waals surface area contributed by atoms with E-state index in [9.17, 15) is 14.4 Å². The molecule has 0 radical (unpaired) electrons. The molecule has 2 fully saturated rings. The fraction of sp³-hybridized carbons (Fsp3) is 0.400. The minimum absolute atomic E-state index is 0.0991. The lowest BCUT2D eigenvalue weighted by Crippen LogP contribution is -2.46. The van der Waals surface area contributed by atoms with E-state index in [0.717, 1.165) is 12.0 Å². The number of hydrogen-bond donors (Lipinski definition) is 1. The van der Waals surface area contributed by atoms with Gasteiger partial charge in [-0.15, -0.1) is 0 Å². The zero-order valence-electron chi connectivity index (χ0n) is 12.1. The number of rotatable bonds is 4. The molecule has 2 aliphatic heterocycles. The first kappa shape index (κ1) is 14.9. The molecule has 0 bridgehead atoms. The summed E-state index contributed by atoms with van der Waals surface area (Å²) < 4.78 is 5.25. The van der Waals surface area contributed by atoms with Crippen LogP contribution in [-0.2, 0) is 11.3 Å². The van der Waals surface area contributed by atoms with Gasteiger partial charge >= 0.3 is 6.03 Å². The number of benzene rings is 1. The zero-order valence-corrected chi connectivity index (χ0v) is 12.9. The Balaban J connectivity index is 1.88. The van der Waals surface area contributed by atoms with Gasteiger partial charge in [0.25, 0.3) is 5.91 Å². The van der Waals surface area contributed by atoms with Crippen LogP contribution in [0.5, 0.6) is 5.75 Å². The molecule has 6 nitrogen and oxygen atoms in total. The summed E-state index contributed by atoms with van der Waals surface area (Å²) in [5.74, 6) is 1.83. The highest BCUT2D eigenvalue weighted by molar-refractivity contribution is 7.99. The summed E-state index contributed by atoms with van der Waals surface area (Å²) in [6.45, 7) is 0.0991. The quantitative estimate of drug-likeness (QED) is 0.671. The molecule has 0 aliphatic carbocycles. The smallest absolute Gasteiger partial charge is 0.325 e. The maximum Gasteiger partial charge on any atom is 0.325 e. The van der Waals surface area contributed by atoms with E-state index in [4.69, 9.17) is 4.74 Å². The Labute approximate surface area is 132 Å². The highest BCUT2D eigenvalue weighted by Gasteiger charge is 2.52. The van der Waals surface area contributed by atoms with Gasteiger partial charge in [0.15, 0.2) is 0 Å². The largest absolute Gasteiger partial charge is 0.496 e. The van der Waals surface area contributed by atoms with Gasteiger partial charge in [-0.2, -0.15) is 11.8 Å². The van der Waals surface area contributed by atoms with Gasteiger partial charge in [-0.25, -0.2) is 4.79 Å². The number of amides is 3. The van der Waals surface area contributed by atoms with Crippen molar-refractivity contribution in [3.05, 3.63) is 29.3 Å². The van der Waals surface area contributed by atoms with Crippen LogP contribution in [0.1, 0.15) is 22.3 Å². The molecule has 7 heteroatoms. The van der Waals surface area contributed by atoms with E-state index >= 15 is 0 Å². The van der Waals surface area contributed by atoms with Crippen LogP contribution >= 0.6 is 11.8 Å². The summed E-state index contributed by atoms with van der Waals surface area (Å²) in [4.78, 5) is 36.9. The summed E-state index contributed by atoms with van der Waals surface area (Å²) in [5.41, 5.74) is 0.365. The van der Waals surface area contributed by atoms with Crippen molar-refractivity contribution < 1.29 is 19.1 Å². The predicted octanol–water partition coefficient (Wildman–Crippen LogP) is 1.44. The summed E-state index contributed by atoms with van der Waals surface area (Å²) in [6, 6.07) is 4.56. The third-order valence-electron chi connectivity index (χ3n) is 4.04. The fourth-order valence-corrected chi connectivity index (χ4v) is 4.14. The van der Waals surface area contributed by atoms with Crippen LogP contribution in [0.2, 0.25) is 0 Å². The Hall–Kier alpha value is -2.02. The molecule has 1 spiro atoms. The number of carbonyl (C=O) groups excluding carboxylic acids is 3. The minimum atomic E-state index is -0.753. The van der Waals surface area contributed by atoms with Crippen LogP contribution in [0.4, 0.5) is 4.79 Å². The number of methoxy groups -OCH3 is 1. The van der Waals surface area contributed by atoms with Crippen molar-refractivity contribution in [2.24, 2.45) is 0 Å². The van der Waals surface area contributed by atoms with Crippen molar-refractivity contribution >= 4 is 30.0 Å². The zero-order chi connectivity index (χ0) is 15.7. The van der Waals surface area contributed by atoms with Crippen molar-refractivity contribution in [2.75, 3.05) is 18.6 Å². The number of hydrogen-bond acceptors (Lipinski definition) is 5. The maximum atomic E-state index is 12.6. The van der Waals surface area contributed by atoms with Crippen LogP contribution in [0.3, 0.4) is 0 Å². The summed E-state index contributed by atoms with van der Waals surface area (Å²) in [5, 5.41) is 2.82. The maximum absolute atomic E-state index is 12.6. The van der Waals surface area contributed by atoms with E-state index < -0.39 is 5.54 Å². The second-order valence-electron chi connectivity index (χ2n) is 5.40. The molecule has 22 heavy (non-hydrogen) atoms. The second-order valence-corrected chi connectivity index (χ2v) is 6.50. The third kappa shape index (κ3) is 2.35. The average Bonchev–Trinajstić information content (AvgIpc) is 3.08. The Kier molecular flexibility index (Phi) is 3.82. The average molecular weight is 320 g/mol. The molecule has 1 atom stereocenters. The van der Waals surface area contributed by atoms with Gasteiger partial charge < -0.3 is 10.1 Å². The standard InChI is InChI=1S/C15H16N2O4S/c1-21-12-3-2-10(8-18)6-11(12)7-17-13(19)15(16-14(17)20)4-5-22-9-15/h2-3,6,8H,4-5,7,9H2,1H3,(H,16,20)/t15-/m0/s1. The van der Waals surface area contributed by atoms with Crippen LogP contribution in [0.25, 0.3) is 0 Å². The predicted molar refractivity (Wildman–Crippen MR) is 82.1 cm³/mol. The normalized spacial score (nSPS) is 24.0. The monoisotopic (exact) mass is 320 g/mol. The van der Waals surface area contributed by atoms with E-state index in [2.05, 4.69) is 5.32 Å². The second kappa shape index (κ2) is 5.64. The van der Waals surface area contributed by atoms with Gasteiger partial charge in [-0.3, -0.25) is 14.5 Å². The summed E-state index contributed by atoms with van der Waals surface area (Å²) >= 11 is 1.66. The number of ether oxygens (including phenoxy) is 1. The summed E-state index contributed by atoms with van der Waals surface area (Å²) in [6.07, 6.45) is 1.38. The molecule has 2 saturated heterocycles. The molecule has 2 heterocycles. The number of carbonyl (C=O) groups is 3. The number of imide groups is 1. The summed E-state index contributed by atoms with van der Waals surface area (Å²) in [7, 11) is 1.51. The number of urea groups is 1. The van der Waals surface area contributed by atoms with Gasteiger partial charge in [0.05, 0.1) is 13.7 Å². The lowest BCUT2D eigenvalue weighted by molar-refractivity contribution is -0.130. The first-order chi connectivity index (χ1) is 10.6. The highest BCUT2D eigenvalue weighted by Crippen LogP contribution is 2.34. The Morgan fingerprint density at radius 1 is 1.45 bits per heavy atom. The van der Waals surface area contributed by atoms with Crippen LogP contribution in [0.15, 0.2) is 18.2 Å². The SMILES string of the molecule is COc1ccc(C=O)cc1CN1C(=O)N[C@]2(CCSC2)C1=O. The molecule has 0 unspecified atom stereocenters. The number of thioether (sulfide) groups is 1. The molecule has 3 rings (SSSR count). The van der Waals surface area contributed by atoms with E-state index in [0.29, 0.717) is 29.1 Å². The van der Waals surface area contributed by atoms with Gasteiger partial charge in [0, 0.05) is 16.9 Å². The van der Waals surface area contributed by atoms with Crippen molar-refractivity contribution in [2.45, 2.75) is 18.5 Å². The number of aldehydes is 1. The molecular weight excluding hydrogens is 304 g/mol. The van der Waals surface area contributed by atoms with Crippen LogP contribution < -0.4 is 10.1 Å². The van der Waals surface area contributed by atoms with E-state index in [1.165, 1.54) is 12.0 Å². The molecule has 3 amide bonds. The van der Waals surface area contributed by atoms with E-state index in [-0.39, 0.29) is 18.5 Å². The third-order valence-corrected chi connectivity index (χ3v) is 5.23. The molecule has 0 saturated carbocycles. The van der Waals surface area contributed by atoms with Crippen molar-refractivity contribution in [3.8, 4) is 5.75 Å². The molecule has 1 N–H and O–H groups in total. The fourth-order valence-electron chi connectivity index (χ4n) is 2.82. The molecule has 2 aliphatic rings. The molecule has 116 valence electrons. The van der Waals surface area contributed by atoms with Gasteiger partial charge in [0.2, 0.25) is 0 Å². The lowest BCUT2D eigenvalue weighted by Gasteiger charge is -2.20. The molecule has 1 aromatic rings. The number of nitrogens with one attached hydrogen (secondary N) is 1. The van der Waals surface area contributed by atoms with Gasteiger partial charge in [0.1, 0.15) is 17.6 Å². The van der Waals surface area contributed by atoms with E-state index in [1.54, 1.807) is 30.0 Å². The topological polar surface area (TPSA) is 75.7 Å². The van der Waals surface area contributed by atoms with Crippen LogP contribution in [0, 0.1) is 0 Å². The van der Waals surface area contributed by atoms with Gasteiger partial charge in [-0.1, -0.05) is 0 Å². The first-order valence-electron chi connectivity index (χ1n) is 6.93. The molecular formula is C15H16N2O4S. The highest BCUT2D eigenvalue weighted by atomic mass is 32.2. The lowest BCUT2D eigenvalue weighted by atomic mass is 9.99.